The molecular weight excluding hydrogens is 550 g/mol. The molecule has 0 saturated carbocycles. The average molecular weight is 591 g/mol. The minimum atomic E-state index is -1.05. The summed E-state index contributed by atoms with van der Waals surface area (Å²) in [6, 6.07) is 8.43. The maximum absolute atomic E-state index is 14.8. The van der Waals surface area contributed by atoms with Gasteiger partial charge in [0.15, 0.2) is 23.0 Å². The first-order valence-corrected chi connectivity index (χ1v) is 15.2. The number of benzene rings is 2. The van der Waals surface area contributed by atoms with Crippen molar-refractivity contribution in [2.75, 3.05) is 38.6 Å². The Labute approximate surface area is 251 Å². The van der Waals surface area contributed by atoms with Crippen LogP contribution in [0.15, 0.2) is 48.9 Å². The maximum Gasteiger partial charge on any atom is 0.251 e. The molecule has 8 nitrogen and oxygen atoms in total. The molecule has 0 atom stereocenters. The smallest absolute Gasteiger partial charge is 0.251 e. The Hall–Kier alpha value is -4.05. The van der Waals surface area contributed by atoms with Crippen LogP contribution < -0.4 is 15.4 Å². The van der Waals surface area contributed by atoms with Crippen molar-refractivity contribution >= 4 is 23.1 Å². The van der Waals surface area contributed by atoms with Gasteiger partial charge in [0.05, 0.1) is 19.0 Å². The normalized spacial score (nSPS) is 13.8. The zero-order valence-corrected chi connectivity index (χ0v) is 25.0. The lowest BCUT2D eigenvalue weighted by Crippen LogP contribution is -2.30. The van der Waals surface area contributed by atoms with Gasteiger partial charge in [-0.15, -0.1) is 0 Å². The van der Waals surface area contributed by atoms with Gasteiger partial charge in [0.2, 0.25) is 5.82 Å². The summed E-state index contributed by atoms with van der Waals surface area (Å²) in [5, 5.41) is 6.36. The number of carbonyl (C=O) groups excluding carboxylic acids is 1. The molecule has 0 unspecified atom stereocenters. The fraction of sp³-hybridized carbons (Fsp3) is 0.424. The first-order chi connectivity index (χ1) is 21.0. The van der Waals surface area contributed by atoms with Crippen molar-refractivity contribution in [3.8, 4) is 17.0 Å². The fourth-order valence-corrected chi connectivity index (χ4v) is 5.71. The van der Waals surface area contributed by atoms with Gasteiger partial charge in [0.25, 0.3) is 5.91 Å². The summed E-state index contributed by atoms with van der Waals surface area (Å²) in [6.45, 7) is 6.36. The number of piperidine rings is 1. The number of rotatable bonds is 13. The summed E-state index contributed by atoms with van der Waals surface area (Å²) in [7, 11) is 1.29. The second kappa shape index (κ2) is 14.4. The Morgan fingerprint density at radius 2 is 1.81 bits per heavy atom. The number of ether oxygens (including phenoxy) is 1. The van der Waals surface area contributed by atoms with E-state index < -0.39 is 11.6 Å². The van der Waals surface area contributed by atoms with Crippen molar-refractivity contribution in [1.82, 2.24) is 24.6 Å². The molecule has 1 aliphatic heterocycles. The number of carbonyl (C=O) groups is 1. The van der Waals surface area contributed by atoms with E-state index >= 15 is 0 Å². The molecule has 0 spiro atoms. The van der Waals surface area contributed by atoms with Crippen LogP contribution in [0.5, 0.6) is 5.75 Å². The molecule has 2 aromatic carbocycles. The van der Waals surface area contributed by atoms with Crippen LogP contribution in [0.3, 0.4) is 0 Å². The highest BCUT2D eigenvalue weighted by Gasteiger charge is 2.19. The molecule has 1 saturated heterocycles. The molecule has 1 aliphatic rings. The number of aryl methyl sites for hydroxylation is 1. The highest BCUT2D eigenvalue weighted by atomic mass is 19.2. The summed E-state index contributed by atoms with van der Waals surface area (Å²) >= 11 is 0. The van der Waals surface area contributed by atoms with Gasteiger partial charge in [-0.3, -0.25) is 9.20 Å². The number of hydrogen-bond acceptors (Lipinski definition) is 6. The van der Waals surface area contributed by atoms with Crippen LogP contribution in [0, 0.1) is 11.6 Å². The van der Waals surface area contributed by atoms with Gasteiger partial charge in [-0.05, 0) is 87.6 Å². The number of imidazole rings is 1. The van der Waals surface area contributed by atoms with Gasteiger partial charge >= 0.3 is 0 Å². The topological polar surface area (TPSA) is 83.8 Å². The number of nitrogens with zero attached hydrogens (tertiary/aromatic N) is 4. The number of likely N-dealkylation sites (tertiary alicyclic amines) is 1. The Morgan fingerprint density at radius 3 is 2.60 bits per heavy atom. The van der Waals surface area contributed by atoms with Crippen LogP contribution in [0.1, 0.15) is 67.8 Å². The number of unbranched alkanes of at least 4 members (excludes halogenated alkanes) is 3. The molecular formula is C33H40F2N6O2. The molecule has 228 valence electrons. The number of fused-ring (bicyclic) bond motifs is 1. The van der Waals surface area contributed by atoms with Crippen molar-refractivity contribution in [1.29, 1.82) is 0 Å². The van der Waals surface area contributed by atoms with Gasteiger partial charge in [0, 0.05) is 35.8 Å². The molecule has 4 aromatic rings. The standard InChI is InChI=1S/C33H40F2N6O2/c1-3-23-21-24(11-12-25(23)33(42)37-15-7-4-5-8-17-40-18-9-6-10-19-40)39-31-32-38-22-27(41(32)20-16-36-31)26-13-14-28(43-2)30(35)29(26)34/h11-14,16,20-22H,3-10,15,17-19H2,1-2H3,(H,36,39)(H,37,42). The fourth-order valence-electron chi connectivity index (χ4n) is 5.71. The van der Waals surface area contributed by atoms with Crippen LogP contribution in [0.25, 0.3) is 16.9 Å². The Kier molecular flexibility index (Phi) is 10.2. The molecule has 0 radical (unpaired) electrons. The Balaban J connectivity index is 1.20. The number of halogens is 2. The molecule has 3 heterocycles. The molecule has 0 bridgehead atoms. The number of methoxy groups -OCH3 is 1. The highest BCUT2D eigenvalue weighted by molar-refractivity contribution is 5.96. The van der Waals surface area contributed by atoms with Crippen LogP contribution in [0.4, 0.5) is 20.3 Å². The van der Waals surface area contributed by atoms with E-state index in [0.29, 0.717) is 35.7 Å². The monoisotopic (exact) mass is 590 g/mol. The van der Waals surface area contributed by atoms with E-state index in [1.54, 1.807) is 16.8 Å². The SMILES string of the molecule is CCc1cc(Nc2nccn3c(-c4ccc(OC)c(F)c4F)cnc23)ccc1C(=O)NCCCCCCN1CCCCC1. The van der Waals surface area contributed by atoms with Gasteiger partial charge in [-0.25, -0.2) is 14.4 Å². The Morgan fingerprint density at radius 1 is 1.00 bits per heavy atom. The zero-order chi connectivity index (χ0) is 30.2. The molecule has 43 heavy (non-hydrogen) atoms. The summed E-state index contributed by atoms with van der Waals surface area (Å²) < 4.78 is 35.7. The van der Waals surface area contributed by atoms with Crippen LogP contribution in [-0.4, -0.2) is 58.5 Å². The minimum absolute atomic E-state index is 0.0593. The number of nitrogens with one attached hydrogen (secondary N) is 2. The minimum Gasteiger partial charge on any atom is -0.494 e. The van der Waals surface area contributed by atoms with E-state index in [-0.39, 0.29) is 17.2 Å². The van der Waals surface area contributed by atoms with E-state index in [4.69, 9.17) is 4.74 Å². The molecule has 1 fully saturated rings. The molecule has 1 amide bonds. The van der Waals surface area contributed by atoms with E-state index in [2.05, 4.69) is 25.5 Å². The lowest BCUT2D eigenvalue weighted by atomic mass is 10.0. The van der Waals surface area contributed by atoms with E-state index in [1.165, 1.54) is 77.2 Å². The van der Waals surface area contributed by atoms with Gasteiger partial charge in [0.1, 0.15) is 0 Å². The van der Waals surface area contributed by atoms with Crippen molar-refractivity contribution < 1.29 is 18.3 Å². The highest BCUT2D eigenvalue weighted by Crippen LogP contribution is 2.31. The van der Waals surface area contributed by atoms with E-state index in [9.17, 15) is 13.6 Å². The van der Waals surface area contributed by atoms with Crippen molar-refractivity contribution in [3.63, 3.8) is 0 Å². The third-order valence-electron chi connectivity index (χ3n) is 8.10. The third-order valence-corrected chi connectivity index (χ3v) is 8.10. The first kappa shape index (κ1) is 30.4. The van der Waals surface area contributed by atoms with Crippen LogP contribution in [-0.2, 0) is 6.42 Å². The van der Waals surface area contributed by atoms with Crippen LogP contribution in [0.2, 0.25) is 0 Å². The third kappa shape index (κ3) is 7.13. The average Bonchev–Trinajstić information content (AvgIpc) is 3.47. The van der Waals surface area contributed by atoms with Crippen molar-refractivity contribution in [2.45, 2.75) is 58.3 Å². The van der Waals surface area contributed by atoms with E-state index in [1.807, 2.05) is 25.1 Å². The predicted octanol–water partition coefficient (Wildman–Crippen LogP) is 6.77. The number of hydrogen-bond donors (Lipinski definition) is 2. The number of amides is 1. The number of anilines is 2. The molecule has 10 heteroatoms. The molecule has 0 aliphatic carbocycles. The second-order valence-corrected chi connectivity index (χ2v) is 11.0. The molecule has 5 rings (SSSR count). The lowest BCUT2D eigenvalue weighted by molar-refractivity contribution is 0.0952. The number of aromatic nitrogens is 3. The second-order valence-electron chi connectivity index (χ2n) is 11.0. The van der Waals surface area contributed by atoms with Crippen LogP contribution >= 0.6 is 0 Å². The summed E-state index contributed by atoms with van der Waals surface area (Å²) in [5.41, 5.74) is 3.20. The van der Waals surface area contributed by atoms with Crippen molar-refractivity contribution in [3.05, 3.63) is 71.7 Å². The first-order valence-electron chi connectivity index (χ1n) is 15.2. The van der Waals surface area contributed by atoms with Gasteiger partial charge in [-0.2, -0.15) is 4.39 Å². The summed E-state index contributed by atoms with van der Waals surface area (Å²) in [4.78, 5) is 24.4. The molecule has 2 N–H and O–H groups in total. The Bertz CT molecular complexity index is 1550. The van der Waals surface area contributed by atoms with E-state index in [0.717, 1.165) is 24.1 Å². The van der Waals surface area contributed by atoms with Gasteiger partial charge in [-0.1, -0.05) is 26.2 Å². The largest absolute Gasteiger partial charge is 0.494 e. The quantitative estimate of drug-likeness (QED) is 0.167. The summed E-state index contributed by atoms with van der Waals surface area (Å²) in [5.74, 6) is -1.85. The zero-order valence-electron chi connectivity index (χ0n) is 25.0. The lowest BCUT2D eigenvalue weighted by Gasteiger charge is -2.26. The maximum atomic E-state index is 14.8. The summed E-state index contributed by atoms with van der Waals surface area (Å²) in [6.07, 6.45) is 13.9. The van der Waals surface area contributed by atoms with Crippen molar-refractivity contribution in [2.24, 2.45) is 0 Å². The molecule has 2 aromatic heterocycles. The predicted molar refractivity (Wildman–Crippen MR) is 165 cm³/mol. The van der Waals surface area contributed by atoms with Gasteiger partial charge < -0.3 is 20.3 Å².